The molecule has 1 aliphatic rings. The van der Waals surface area contributed by atoms with E-state index >= 15 is 0 Å². The summed E-state index contributed by atoms with van der Waals surface area (Å²) >= 11 is 0. The van der Waals surface area contributed by atoms with Crippen LogP contribution in [0.15, 0.2) is 5.11 Å². The summed E-state index contributed by atoms with van der Waals surface area (Å²) in [7, 11) is 0. The van der Waals surface area contributed by atoms with E-state index in [1.165, 1.54) is 19.3 Å². The molecular formula is C14H27N3. The van der Waals surface area contributed by atoms with E-state index in [1.807, 2.05) is 13.8 Å². The van der Waals surface area contributed by atoms with Crippen LogP contribution in [-0.2, 0) is 0 Å². The van der Waals surface area contributed by atoms with Crippen molar-refractivity contribution in [3.8, 4) is 0 Å². The zero-order chi connectivity index (χ0) is 13.3. The van der Waals surface area contributed by atoms with Crippen molar-refractivity contribution in [1.82, 2.24) is 0 Å². The Hall–Kier alpha value is -0.690. The third kappa shape index (κ3) is 4.59. The summed E-state index contributed by atoms with van der Waals surface area (Å²) in [5.41, 5.74) is 9.18. The molecule has 0 N–H and O–H groups in total. The van der Waals surface area contributed by atoms with Gasteiger partial charge in [-0.3, -0.25) is 0 Å². The van der Waals surface area contributed by atoms with Crippen LogP contribution in [-0.4, -0.2) is 5.54 Å². The molecule has 0 aromatic rings. The molecule has 3 nitrogen and oxygen atoms in total. The third-order valence-corrected chi connectivity index (χ3v) is 3.74. The van der Waals surface area contributed by atoms with Gasteiger partial charge in [-0.05, 0) is 48.0 Å². The van der Waals surface area contributed by atoms with E-state index in [0.717, 1.165) is 6.42 Å². The highest BCUT2D eigenvalue weighted by atomic mass is 15.2. The van der Waals surface area contributed by atoms with Gasteiger partial charge >= 0.3 is 0 Å². The first-order valence-corrected chi connectivity index (χ1v) is 6.62. The Balaban J connectivity index is 2.75. The van der Waals surface area contributed by atoms with Crippen LogP contribution in [0.25, 0.3) is 10.4 Å². The molecule has 0 heterocycles. The summed E-state index contributed by atoms with van der Waals surface area (Å²) in [6.45, 7) is 13.5. The Bertz CT molecular complexity index is 306. The lowest BCUT2D eigenvalue weighted by Gasteiger charge is -2.46. The largest absolute Gasteiger partial charge is 0.0878 e. The van der Waals surface area contributed by atoms with Crippen molar-refractivity contribution < 1.29 is 0 Å². The van der Waals surface area contributed by atoms with Crippen molar-refractivity contribution in [3.63, 3.8) is 0 Å². The van der Waals surface area contributed by atoms with Crippen LogP contribution in [0.5, 0.6) is 0 Å². The van der Waals surface area contributed by atoms with Gasteiger partial charge < -0.3 is 0 Å². The molecule has 0 aliphatic heterocycles. The van der Waals surface area contributed by atoms with E-state index in [1.54, 1.807) is 0 Å². The summed E-state index contributed by atoms with van der Waals surface area (Å²) in [5, 5.41) is 3.93. The SMILES string of the molecule is CC1(C)CC(CC(C)(C)N=[N+]=[N-])CC(C)(C)C1. The lowest BCUT2D eigenvalue weighted by Crippen LogP contribution is -2.36. The maximum absolute atomic E-state index is 8.60. The van der Waals surface area contributed by atoms with E-state index in [-0.39, 0.29) is 5.54 Å². The van der Waals surface area contributed by atoms with Crippen molar-refractivity contribution >= 4 is 0 Å². The van der Waals surface area contributed by atoms with Gasteiger partial charge in [-0.1, -0.05) is 46.7 Å². The van der Waals surface area contributed by atoms with Crippen LogP contribution >= 0.6 is 0 Å². The zero-order valence-electron chi connectivity index (χ0n) is 12.2. The molecule has 1 rings (SSSR count). The first-order chi connectivity index (χ1) is 7.55. The maximum atomic E-state index is 8.60. The highest BCUT2D eigenvalue weighted by Crippen LogP contribution is 2.50. The lowest BCUT2D eigenvalue weighted by molar-refractivity contribution is 0.0558. The minimum Gasteiger partial charge on any atom is -0.0878 e. The van der Waals surface area contributed by atoms with Gasteiger partial charge in [0.15, 0.2) is 0 Å². The van der Waals surface area contributed by atoms with Crippen LogP contribution in [0.1, 0.15) is 67.2 Å². The van der Waals surface area contributed by atoms with Gasteiger partial charge in [0.1, 0.15) is 0 Å². The molecule has 0 atom stereocenters. The number of rotatable bonds is 3. The van der Waals surface area contributed by atoms with Crippen molar-refractivity contribution in [2.45, 2.75) is 72.8 Å². The smallest absolute Gasteiger partial charge is 0.0434 e. The summed E-state index contributed by atoms with van der Waals surface area (Å²) in [5.74, 6) is 0.675. The first kappa shape index (κ1) is 14.4. The average Bonchev–Trinajstić information content (AvgIpc) is 1.94. The van der Waals surface area contributed by atoms with Crippen LogP contribution in [0, 0.1) is 16.7 Å². The third-order valence-electron chi connectivity index (χ3n) is 3.74. The van der Waals surface area contributed by atoms with Crippen molar-refractivity contribution in [3.05, 3.63) is 10.4 Å². The molecule has 0 spiro atoms. The molecule has 1 aliphatic carbocycles. The number of hydrogen-bond acceptors (Lipinski definition) is 1. The fourth-order valence-electron chi connectivity index (χ4n) is 4.09. The fourth-order valence-corrected chi connectivity index (χ4v) is 4.09. The Labute approximate surface area is 106 Å². The van der Waals surface area contributed by atoms with Gasteiger partial charge in [0.2, 0.25) is 0 Å². The second kappa shape index (κ2) is 4.53. The highest BCUT2D eigenvalue weighted by Gasteiger charge is 2.39. The minimum atomic E-state index is -0.247. The molecule has 1 saturated carbocycles. The van der Waals surface area contributed by atoms with Crippen molar-refractivity contribution in [2.75, 3.05) is 0 Å². The predicted octanol–water partition coefficient (Wildman–Crippen LogP) is 5.32. The molecule has 17 heavy (non-hydrogen) atoms. The lowest BCUT2D eigenvalue weighted by atomic mass is 9.60. The van der Waals surface area contributed by atoms with Gasteiger partial charge in [0, 0.05) is 10.5 Å². The molecule has 0 unspecified atom stereocenters. The van der Waals surface area contributed by atoms with Gasteiger partial charge in [0.05, 0.1) is 0 Å². The summed E-state index contributed by atoms with van der Waals surface area (Å²) < 4.78 is 0. The monoisotopic (exact) mass is 237 g/mol. The topological polar surface area (TPSA) is 48.8 Å². The Kier molecular flexibility index (Phi) is 3.83. The van der Waals surface area contributed by atoms with E-state index in [9.17, 15) is 0 Å². The number of azide groups is 1. The van der Waals surface area contributed by atoms with Crippen molar-refractivity contribution in [2.24, 2.45) is 21.9 Å². The number of hydrogen-bond donors (Lipinski definition) is 0. The molecule has 0 amide bonds. The molecule has 3 heteroatoms. The normalized spacial score (nSPS) is 24.1. The second-order valence-electron chi connectivity index (χ2n) is 7.99. The minimum absolute atomic E-state index is 0.247. The zero-order valence-corrected chi connectivity index (χ0v) is 12.2. The van der Waals surface area contributed by atoms with E-state index < -0.39 is 0 Å². The average molecular weight is 237 g/mol. The van der Waals surface area contributed by atoms with E-state index in [2.05, 4.69) is 37.7 Å². The van der Waals surface area contributed by atoms with Gasteiger partial charge in [-0.25, -0.2) is 0 Å². The standard InChI is InChI=1S/C14H27N3/c1-12(2)7-11(8-13(3,4)10-12)9-14(5,6)16-17-15/h11H,7-10H2,1-6H3. The van der Waals surface area contributed by atoms with E-state index in [0.29, 0.717) is 16.7 Å². The molecule has 0 bridgehead atoms. The summed E-state index contributed by atoms with van der Waals surface area (Å²) in [4.78, 5) is 2.97. The molecule has 0 aromatic carbocycles. The summed E-state index contributed by atoms with van der Waals surface area (Å²) in [6, 6.07) is 0. The molecule has 0 aromatic heterocycles. The Morgan fingerprint density at radius 3 is 2.06 bits per heavy atom. The van der Waals surface area contributed by atoms with E-state index in [4.69, 9.17) is 5.53 Å². The molecule has 1 fully saturated rings. The van der Waals surface area contributed by atoms with Gasteiger partial charge in [0.25, 0.3) is 0 Å². The molecular weight excluding hydrogens is 210 g/mol. The van der Waals surface area contributed by atoms with Crippen LogP contribution in [0.2, 0.25) is 0 Å². The summed E-state index contributed by atoms with van der Waals surface area (Å²) in [6.07, 6.45) is 4.80. The quantitative estimate of drug-likeness (QED) is 0.362. The second-order valence-corrected chi connectivity index (χ2v) is 7.99. The van der Waals surface area contributed by atoms with Crippen LogP contribution in [0.4, 0.5) is 0 Å². The Morgan fingerprint density at radius 2 is 1.65 bits per heavy atom. The van der Waals surface area contributed by atoms with Crippen molar-refractivity contribution in [1.29, 1.82) is 0 Å². The fraction of sp³-hybridized carbons (Fsp3) is 1.00. The molecule has 98 valence electrons. The number of nitrogens with zero attached hydrogens (tertiary/aromatic N) is 3. The highest BCUT2D eigenvalue weighted by molar-refractivity contribution is 4.92. The van der Waals surface area contributed by atoms with Gasteiger partial charge in [-0.2, -0.15) is 0 Å². The maximum Gasteiger partial charge on any atom is 0.0434 e. The Morgan fingerprint density at radius 1 is 1.18 bits per heavy atom. The molecule has 0 saturated heterocycles. The van der Waals surface area contributed by atoms with Gasteiger partial charge in [-0.15, -0.1) is 0 Å². The first-order valence-electron chi connectivity index (χ1n) is 6.62. The predicted molar refractivity (Wildman–Crippen MR) is 72.7 cm³/mol. The van der Waals surface area contributed by atoms with Crippen LogP contribution < -0.4 is 0 Å². The van der Waals surface area contributed by atoms with Crippen LogP contribution in [0.3, 0.4) is 0 Å². The molecule has 0 radical (unpaired) electrons.